The summed E-state index contributed by atoms with van der Waals surface area (Å²) in [5, 5.41) is 9.44. The second kappa shape index (κ2) is 7.52. The molecule has 3 aromatic heterocycles. The molecular formula is C21H21N5OS. The number of thiophene rings is 1. The number of fused-ring (bicyclic) bond motifs is 1. The average molecular weight is 392 g/mol. The molecule has 1 amide bonds. The topological polar surface area (TPSA) is 72.2 Å². The number of carbonyl (C=O) groups is 1. The maximum atomic E-state index is 12.9. The van der Waals surface area contributed by atoms with Crippen LogP contribution in [-0.2, 0) is 6.42 Å². The summed E-state index contributed by atoms with van der Waals surface area (Å²) in [6.07, 6.45) is 0.979. The van der Waals surface area contributed by atoms with E-state index in [1.807, 2.05) is 37.4 Å². The first-order valence-electron chi connectivity index (χ1n) is 9.19. The van der Waals surface area contributed by atoms with Crippen molar-refractivity contribution in [2.45, 2.75) is 33.2 Å². The third-order valence-corrected chi connectivity index (χ3v) is 5.58. The van der Waals surface area contributed by atoms with Crippen molar-refractivity contribution in [1.82, 2.24) is 24.9 Å². The molecule has 4 aromatic rings. The number of hydrogen-bond acceptors (Lipinski definition) is 5. The van der Waals surface area contributed by atoms with Gasteiger partial charge in [-0.1, -0.05) is 37.3 Å². The number of benzene rings is 1. The largest absolute Gasteiger partial charge is 0.338 e. The van der Waals surface area contributed by atoms with E-state index < -0.39 is 0 Å². The van der Waals surface area contributed by atoms with E-state index in [4.69, 9.17) is 0 Å². The van der Waals surface area contributed by atoms with Crippen molar-refractivity contribution in [3.05, 3.63) is 81.1 Å². The lowest BCUT2D eigenvalue weighted by atomic mass is 10.0. The van der Waals surface area contributed by atoms with E-state index in [1.54, 1.807) is 15.9 Å². The fourth-order valence-corrected chi connectivity index (χ4v) is 3.98. The van der Waals surface area contributed by atoms with Crippen LogP contribution in [0.25, 0.3) is 5.78 Å². The van der Waals surface area contributed by atoms with Gasteiger partial charge < -0.3 is 5.32 Å². The molecule has 0 bridgehead atoms. The molecule has 3 heterocycles. The molecule has 0 saturated heterocycles. The number of amides is 1. The van der Waals surface area contributed by atoms with E-state index in [1.165, 1.54) is 5.56 Å². The zero-order chi connectivity index (χ0) is 19.7. The summed E-state index contributed by atoms with van der Waals surface area (Å²) in [5.74, 6) is 0.232. The zero-order valence-electron chi connectivity index (χ0n) is 16.0. The number of aromatic nitrogens is 4. The van der Waals surface area contributed by atoms with E-state index in [0.29, 0.717) is 5.78 Å². The lowest BCUT2D eigenvalue weighted by Crippen LogP contribution is -2.29. The monoisotopic (exact) mass is 391 g/mol. The first-order chi connectivity index (χ1) is 13.5. The van der Waals surface area contributed by atoms with E-state index in [9.17, 15) is 4.79 Å². The molecule has 0 fully saturated rings. The molecule has 0 aliphatic rings. The van der Waals surface area contributed by atoms with Crippen molar-refractivity contribution >= 4 is 23.0 Å². The Balaban J connectivity index is 1.66. The molecule has 7 heteroatoms. The predicted molar refractivity (Wildman–Crippen MR) is 110 cm³/mol. The summed E-state index contributed by atoms with van der Waals surface area (Å²) in [4.78, 5) is 22.7. The smallest absolute Gasteiger partial charge is 0.291 e. The van der Waals surface area contributed by atoms with E-state index in [0.717, 1.165) is 28.2 Å². The van der Waals surface area contributed by atoms with Gasteiger partial charge in [-0.25, -0.2) is 9.50 Å². The average Bonchev–Trinajstić information content (AvgIpc) is 3.36. The Kier molecular flexibility index (Phi) is 4.92. The molecule has 0 aliphatic heterocycles. The second-order valence-corrected chi connectivity index (χ2v) is 7.68. The fraction of sp³-hybridized carbons (Fsp3) is 0.238. The van der Waals surface area contributed by atoms with Gasteiger partial charge in [0.05, 0.1) is 6.04 Å². The summed E-state index contributed by atoms with van der Waals surface area (Å²) in [6, 6.07) is 14.0. The molecule has 0 spiro atoms. The van der Waals surface area contributed by atoms with Crippen molar-refractivity contribution in [2.24, 2.45) is 0 Å². The van der Waals surface area contributed by atoms with E-state index in [2.05, 4.69) is 51.6 Å². The molecule has 28 heavy (non-hydrogen) atoms. The fourth-order valence-electron chi connectivity index (χ4n) is 3.18. The van der Waals surface area contributed by atoms with Gasteiger partial charge in [-0.15, -0.1) is 16.4 Å². The first-order valence-corrected chi connectivity index (χ1v) is 10.1. The maximum absolute atomic E-state index is 12.9. The number of nitrogens with one attached hydrogen (secondary N) is 1. The molecular weight excluding hydrogens is 370 g/mol. The van der Waals surface area contributed by atoms with Crippen LogP contribution in [0.1, 0.15) is 51.0 Å². The summed E-state index contributed by atoms with van der Waals surface area (Å²) in [6.45, 7) is 5.94. The van der Waals surface area contributed by atoms with Crippen LogP contribution in [0.5, 0.6) is 0 Å². The van der Waals surface area contributed by atoms with Crippen molar-refractivity contribution in [3.8, 4) is 0 Å². The lowest BCUT2D eigenvalue weighted by molar-refractivity contribution is 0.0933. The molecule has 6 nitrogen and oxygen atoms in total. The number of carbonyl (C=O) groups excluding carboxylic acids is 1. The standard InChI is InChI=1S/C21H21N5OS/c1-4-15-7-9-16(10-8-15)18(17-6-5-11-28-17)23-20(27)19-24-21-22-13(2)12-14(3)26(21)25-19/h5-12,18H,4H2,1-3H3,(H,23,27). The third kappa shape index (κ3) is 3.53. The molecule has 4 rings (SSSR count). The summed E-state index contributed by atoms with van der Waals surface area (Å²) < 4.78 is 1.60. The second-order valence-electron chi connectivity index (χ2n) is 6.70. The van der Waals surface area contributed by atoms with Crippen LogP contribution >= 0.6 is 11.3 Å². The molecule has 142 valence electrons. The van der Waals surface area contributed by atoms with Crippen LogP contribution in [-0.4, -0.2) is 25.5 Å². The van der Waals surface area contributed by atoms with Gasteiger partial charge in [0.15, 0.2) is 0 Å². The third-order valence-electron chi connectivity index (χ3n) is 4.65. The van der Waals surface area contributed by atoms with Crippen molar-refractivity contribution in [2.75, 3.05) is 0 Å². The van der Waals surface area contributed by atoms with Gasteiger partial charge in [-0.2, -0.15) is 4.98 Å². The van der Waals surface area contributed by atoms with Gasteiger partial charge in [0.25, 0.3) is 11.7 Å². The number of hydrogen-bond donors (Lipinski definition) is 1. The van der Waals surface area contributed by atoms with E-state index in [-0.39, 0.29) is 17.8 Å². The minimum atomic E-state index is -0.319. The van der Waals surface area contributed by atoms with Gasteiger partial charge in [-0.3, -0.25) is 4.79 Å². The van der Waals surface area contributed by atoms with Crippen LogP contribution in [0, 0.1) is 13.8 Å². The first kappa shape index (κ1) is 18.3. The predicted octanol–water partition coefficient (Wildman–Crippen LogP) is 3.88. The number of rotatable bonds is 5. The van der Waals surface area contributed by atoms with Crippen LogP contribution in [0.3, 0.4) is 0 Å². The Morgan fingerprint density at radius 2 is 1.96 bits per heavy atom. The van der Waals surface area contributed by atoms with Crippen molar-refractivity contribution in [3.63, 3.8) is 0 Å². The molecule has 1 unspecified atom stereocenters. The molecule has 0 radical (unpaired) electrons. The van der Waals surface area contributed by atoms with Crippen LogP contribution in [0.2, 0.25) is 0 Å². The van der Waals surface area contributed by atoms with Crippen LogP contribution < -0.4 is 5.32 Å². The van der Waals surface area contributed by atoms with E-state index >= 15 is 0 Å². The van der Waals surface area contributed by atoms with Crippen molar-refractivity contribution in [1.29, 1.82) is 0 Å². The Morgan fingerprint density at radius 1 is 1.18 bits per heavy atom. The lowest BCUT2D eigenvalue weighted by Gasteiger charge is -2.17. The Hall–Kier alpha value is -3.06. The van der Waals surface area contributed by atoms with Gasteiger partial charge in [-0.05, 0) is 48.9 Å². The Labute approximate surface area is 167 Å². The summed E-state index contributed by atoms with van der Waals surface area (Å²) in [7, 11) is 0. The maximum Gasteiger partial charge on any atom is 0.291 e. The zero-order valence-corrected chi connectivity index (χ0v) is 16.8. The Bertz CT molecular complexity index is 1120. The molecule has 1 aromatic carbocycles. The SMILES string of the molecule is CCc1ccc(C(NC(=O)c2nc3nc(C)cc(C)n3n2)c2cccs2)cc1. The van der Waals surface area contributed by atoms with Crippen LogP contribution in [0.15, 0.2) is 47.8 Å². The molecule has 1 N–H and O–H groups in total. The van der Waals surface area contributed by atoms with Crippen molar-refractivity contribution < 1.29 is 4.79 Å². The van der Waals surface area contributed by atoms with Gasteiger partial charge in [0.2, 0.25) is 5.82 Å². The van der Waals surface area contributed by atoms with Gasteiger partial charge in [0, 0.05) is 16.3 Å². The summed E-state index contributed by atoms with van der Waals surface area (Å²) in [5.41, 5.74) is 4.02. The minimum absolute atomic E-state index is 0.118. The van der Waals surface area contributed by atoms with Gasteiger partial charge >= 0.3 is 0 Å². The molecule has 1 atom stereocenters. The highest BCUT2D eigenvalue weighted by molar-refractivity contribution is 7.10. The van der Waals surface area contributed by atoms with Crippen LogP contribution in [0.4, 0.5) is 0 Å². The molecule has 0 aliphatic carbocycles. The minimum Gasteiger partial charge on any atom is -0.338 e. The van der Waals surface area contributed by atoms with Gasteiger partial charge in [0.1, 0.15) is 0 Å². The highest BCUT2D eigenvalue weighted by atomic mass is 32.1. The highest BCUT2D eigenvalue weighted by Crippen LogP contribution is 2.26. The number of aryl methyl sites for hydroxylation is 3. The highest BCUT2D eigenvalue weighted by Gasteiger charge is 2.22. The normalized spacial score (nSPS) is 12.2. The quantitative estimate of drug-likeness (QED) is 0.560. The molecule has 0 saturated carbocycles. The number of nitrogens with zero attached hydrogens (tertiary/aromatic N) is 4. The Morgan fingerprint density at radius 3 is 2.64 bits per heavy atom. The summed E-state index contributed by atoms with van der Waals surface area (Å²) >= 11 is 1.61.